The third-order valence-electron chi connectivity index (χ3n) is 6.10. The predicted octanol–water partition coefficient (Wildman–Crippen LogP) is 4.44. The maximum absolute atomic E-state index is 13.0. The fourth-order valence-electron chi connectivity index (χ4n) is 4.28. The van der Waals surface area contributed by atoms with Gasteiger partial charge in [0.1, 0.15) is 5.82 Å². The van der Waals surface area contributed by atoms with Crippen molar-refractivity contribution in [2.75, 3.05) is 6.54 Å². The molecule has 1 aliphatic heterocycles. The van der Waals surface area contributed by atoms with Gasteiger partial charge >= 0.3 is 0 Å². The second-order valence-electron chi connectivity index (χ2n) is 8.11. The zero-order valence-corrected chi connectivity index (χ0v) is 17.6. The van der Waals surface area contributed by atoms with E-state index in [9.17, 15) is 9.59 Å². The molecule has 0 fully saturated rings. The summed E-state index contributed by atoms with van der Waals surface area (Å²) in [7, 11) is 0. The highest BCUT2D eigenvalue weighted by atomic mass is 16.1. The van der Waals surface area contributed by atoms with E-state index in [-0.39, 0.29) is 17.4 Å². The van der Waals surface area contributed by atoms with Crippen LogP contribution in [0.2, 0.25) is 0 Å². The van der Waals surface area contributed by atoms with Crippen LogP contribution in [-0.2, 0) is 13.0 Å². The van der Waals surface area contributed by atoms with Gasteiger partial charge in [-0.25, -0.2) is 4.98 Å². The number of carbonyl (C=O) groups is 1. The molecular weight excluding hydrogens is 374 g/mol. The summed E-state index contributed by atoms with van der Waals surface area (Å²) >= 11 is 0. The molecule has 1 aliphatic rings. The number of benzene rings is 2. The van der Waals surface area contributed by atoms with Crippen molar-refractivity contribution >= 4 is 16.8 Å². The second-order valence-corrected chi connectivity index (χ2v) is 8.11. The minimum atomic E-state index is -0.125. The van der Waals surface area contributed by atoms with E-state index < -0.39 is 0 Å². The molecule has 5 nitrogen and oxygen atoms in total. The van der Waals surface area contributed by atoms with Gasteiger partial charge in [0.25, 0.3) is 11.5 Å². The first kappa shape index (κ1) is 20.3. The Morgan fingerprint density at radius 1 is 1.10 bits per heavy atom. The van der Waals surface area contributed by atoms with Crippen LogP contribution in [0.5, 0.6) is 0 Å². The Hall–Kier alpha value is -2.95. The number of fused-ring (bicyclic) bond motifs is 2. The molecule has 0 saturated carbocycles. The number of aromatic nitrogens is 2. The Balaban J connectivity index is 1.56. The SMILES string of the molecule is CCC(CNC(=O)c1ccc2c(=O)n3c(nc2c1)CCCCCC3)c1ccccc1. The molecule has 2 heterocycles. The van der Waals surface area contributed by atoms with Crippen molar-refractivity contribution in [1.29, 1.82) is 0 Å². The van der Waals surface area contributed by atoms with E-state index >= 15 is 0 Å². The summed E-state index contributed by atoms with van der Waals surface area (Å²) in [6.45, 7) is 3.44. The van der Waals surface area contributed by atoms with Gasteiger partial charge in [0.2, 0.25) is 0 Å². The summed E-state index contributed by atoms with van der Waals surface area (Å²) in [5, 5.41) is 3.65. The number of amides is 1. The molecule has 0 bridgehead atoms. The molecule has 0 saturated heterocycles. The molecule has 0 radical (unpaired) electrons. The highest BCUT2D eigenvalue weighted by molar-refractivity contribution is 5.97. The predicted molar refractivity (Wildman–Crippen MR) is 120 cm³/mol. The second kappa shape index (κ2) is 9.24. The van der Waals surface area contributed by atoms with Crippen molar-refractivity contribution in [1.82, 2.24) is 14.9 Å². The van der Waals surface area contributed by atoms with Crippen LogP contribution >= 0.6 is 0 Å². The standard InChI is InChI=1S/C25H29N3O2/c1-2-18(19-10-6-5-7-11-19)17-26-24(29)20-13-14-21-22(16-20)27-23-12-8-3-4-9-15-28(23)25(21)30/h5-7,10-11,13-14,16,18H,2-4,8-9,12,15,17H2,1H3,(H,26,29). The fraction of sp³-hybridized carbons (Fsp3) is 0.400. The molecular formula is C25H29N3O2. The number of nitrogens with zero attached hydrogens (tertiary/aromatic N) is 2. The van der Waals surface area contributed by atoms with Gasteiger partial charge in [-0.1, -0.05) is 50.1 Å². The summed E-state index contributed by atoms with van der Waals surface area (Å²) in [4.78, 5) is 30.5. The largest absolute Gasteiger partial charge is 0.351 e. The molecule has 1 atom stereocenters. The molecule has 2 aromatic carbocycles. The molecule has 156 valence electrons. The van der Waals surface area contributed by atoms with Crippen molar-refractivity contribution in [3.63, 3.8) is 0 Å². The molecule has 5 heteroatoms. The van der Waals surface area contributed by atoms with E-state index in [2.05, 4.69) is 24.4 Å². The number of nitrogens with one attached hydrogen (secondary N) is 1. The van der Waals surface area contributed by atoms with Crippen LogP contribution in [-0.4, -0.2) is 22.0 Å². The smallest absolute Gasteiger partial charge is 0.261 e. The topological polar surface area (TPSA) is 64.0 Å². The third kappa shape index (κ3) is 4.30. The maximum Gasteiger partial charge on any atom is 0.261 e. The Bertz CT molecular complexity index is 1090. The van der Waals surface area contributed by atoms with Gasteiger partial charge in [-0.05, 0) is 43.0 Å². The van der Waals surface area contributed by atoms with E-state index in [1.165, 1.54) is 12.0 Å². The summed E-state index contributed by atoms with van der Waals surface area (Å²) in [6, 6.07) is 15.5. The lowest BCUT2D eigenvalue weighted by Crippen LogP contribution is -2.29. The lowest BCUT2D eigenvalue weighted by molar-refractivity contribution is 0.0951. The molecule has 0 spiro atoms. The van der Waals surface area contributed by atoms with Crippen molar-refractivity contribution in [2.24, 2.45) is 0 Å². The van der Waals surface area contributed by atoms with Crippen molar-refractivity contribution in [3.05, 3.63) is 75.8 Å². The van der Waals surface area contributed by atoms with Gasteiger partial charge < -0.3 is 5.32 Å². The summed E-state index contributed by atoms with van der Waals surface area (Å²) < 4.78 is 1.83. The average Bonchev–Trinajstić information content (AvgIpc) is 2.76. The third-order valence-corrected chi connectivity index (χ3v) is 6.10. The highest BCUT2D eigenvalue weighted by Crippen LogP contribution is 2.19. The zero-order chi connectivity index (χ0) is 20.9. The molecule has 4 rings (SSSR count). The minimum absolute atomic E-state index is 0.0129. The molecule has 0 aliphatic carbocycles. The zero-order valence-electron chi connectivity index (χ0n) is 17.6. The highest BCUT2D eigenvalue weighted by Gasteiger charge is 2.16. The van der Waals surface area contributed by atoms with Crippen LogP contribution in [0.25, 0.3) is 10.9 Å². The Morgan fingerprint density at radius 3 is 2.70 bits per heavy atom. The molecule has 1 unspecified atom stereocenters. The molecule has 1 amide bonds. The minimum Gasteiger partial charge on any atom is -0.351 e. The van der Waals surface area contributed by atoms with Gasteiger partial charge in [-0.3, -0.25) is 14.2 Å². The van der Waals surface area contributed by atoms with E-state index in [4.69, 9.17) is 4.98 Å². The number of hydrogen-bond donors (Lipinski definition) is 1. The first-order valence-corrected chi connectivity index (χ1v) is 11.0. The summed E-state index contributed by atoms with van der Waals surface area (Å²) in [5.41, 5.74) is 2.41. The van der Waals surface area contributed by atoms with Gasteiger partial charge in [-0.2, -0.15) is 0 Å². The quantitative estimate of drug-likeness (QED) is 0.685. The van der Waals surface area contributed by atoms with Crippen LogP contribution in [0.3, 0.4) is 0 Å². The Kier molecular flexibility index (Phi) is 6.26. The lowest BCUT2D eigenvalue weighted by atomic mass is 9.96. The van der Waals surface area contributed by atoms with E-state index in [0.717, 1.165) is 44.5 Å². The molecule has 1 N–H and O–H groups in total. The number of rotatable bonds is 5. The van der Waals surface area contributed by atoms with Crippen LogP contribution < -0.4 is 10.9 Å². The molecule has 1 aromatic heterocycles. The normalized spacial score (nSPS) is 15.1. The van der Waals surface area contributed by atoms with Gasteiger partial charge in [0.15, 0.2) is 0 Å². The monoisotopic (exact) mass is 403 g/mol. The van der Waals surface area contributed by atoms with Crippen LogP contribution in [0.4, 0.5) is 0 Å². The van der Waals surface area contributed by atoms with E-state index in [0.29, 0.717) is 23.0 Å². The van der Waals surface area contributed by atoms with Crippen molar-refractivity contribution in [2.45, 2.75) is 57.9 Å². The van der Waals surface area contributed by atoms with Crippen LogP contribution in [0.15, 0.2) is 53.3 Å². The van der Waals surface area contributed by atoms with Gasteiger partial charge in [0, 0.05) is 31.0 Å². The Labute approximate surface area is 177 Å². The maximum atomic E-state index is 13.0. The Morgan fingerprint density at radius 2 is 1.90 bits per heavy atom. The van der Waals surface area contributed by atoms with E-state index in [1.807, 2.05) is 22.8 Å². The average molecular weight is 404 g/mol. The van der Waals surface area contributed by atoms with Gasteiger partial charge in [-0.15, -0.1) is 0 Å². The summed E-state index contributed by atoms with van der Waals surface area (Å²) in [6.07, 6.45) is 6.17. The fourth-order valence-corrected chi connectivity index (χ4v) is 4.28. The molecule has 3 aromatic rings. The van der Waals surface area contributed by atoms with Crippen LogP contribution in [0, 0.1) is 0 Å². The first-order chi connectivity index (χ1) is 14.7. The number of hydrogen-bond acceptors (Lipinski definition) is 3. The summed E-state index contributed by atoms with van der Waals surface area (Å²) in [5.74, 6) is 0.998. The van der Waals surface area contributed by atoms with Crippen molar-refractivity contribution in [3.8, 4) is 0 Å². The van der Waals surface area contributed by atoms with E-state index in [1.54, 1.807) is 18.2 Å². The number of carbonyl (C=O) groups excluding carboxylic acids is 1. The molecule has 30 heavy (non-hydrogen) atoms. The van der Waals surface area contributed by atoms with Gasteiger partial charge in [0.05, 0.1) is 10.9 Å². The van der Waals surface area contributed by atoms with Crippen LogP contribution in [0.1, 0.15) is 66.7 Å². The first-order valence-electron chi connectivity index (χ1n) is 11.0. The number of aryl methyl sites for hydroxylation is 1. The lowest BCUT2D eigenvalue weighted by Gasteiger charge is -2.17. The van der Waals surface area contributed by atoms with Crippen molar-refractivity contribution < 1.29 is 4.79 Å².